The second-order valence-corrected chi connectivity index (χ2v) is 5.91. The lowest BCUT2D eigenvalue weighted by Crippen LogP contribution is -2.11. The summed E-state index contributed by atoms with van der Waals surface area (Å²) in [6.45, 7) is 0. The number of nitrogens with zero attached hydrogens (tertiary/aromatic N) is 1. The molecule has 0 fully saturated rings. The molecule has 2 aromatic carbocycles. The van der Waals surface area contributed by atoms with E-state index in [-0.39, 0.29) is 11.4 Å². The number of carbonyl (C=O) groups is 2. The van der Waals surface area contributed by atoms with Crippen LogP contribution in [0.5, 0.6) is 17.2 Å². The molecule has 0 amide bonds. The summed E-state index contributed by atoms with van der Waals surface area (Å²) < 4.78 is 20.5. The van der Waals surface area contributed by atoms with E-state index in [1.165, 1.54) is 20.3 Å². The summed E-state index contributed by atoms with van der Waals surface area (Å²) in [5, 5.41) is 0.847. The molecule has 148 valence electrons. The van der Waals surface area contributed by atoms with Gasteiger partial charge in [-0.05, 0) is 48.0 Å². The predicted octanol–water partition coefficient (Wildman–Crippen LogP) is 3.66. The first-order valence-electron chi connectivity index (χ1n) is 8.65. The average molecular weight is 393 g/mol. The fourth-order valence-electron chi connectivity index (χ4n) is 2.60. The maximum atomic E-state index is 12.5. The molecule has 0 aliphatic heterocycles. The molecule has 29 heavy (non-hydrogen) atoms. The van der Waals surface area contributed by atoms with Crippen LogP contribution in [0.1, 0.15) is 16.1 Å². The van der Waals surface area contributed by atoms with Gasteiger partial charge in [-0.1, -0.05) is 12.1 Å². The number of rotatable bonds is 6. The molecular formula is C22H19NO6. The number of benzene rings is 2. The zero-order valence-electron chi connectivity index (χ0n) is 16.2. The SMILES string of the molecule is COC(=O)/C=C/c1ccc(OC(=O)c2ccc3cc(OC)ccc3n2)c(OC)c1. The van der Waals surface area contributed by atoms with Crippen molar-refractivity contribution >= 4 is 28.9 Å². The lowest BCUT2D eigenvalue weighted by molar-refractivity contribution is -0.134. The Morgan fingerprint density at radius 3 is 2.45 bits per heavy atom. The summed E-state index contributed by atoms with van der Waals surface area (Å²) in [5.74, 6) is 0.208. The first kappa shape index (κ1) is 19.9. The topological polar surface area (TPSA) is 84.0 Å². The monoisotopic (exact) mass is 393 g/mol. The fourth-order valence-corrected chi connectivity index (χ4v) is 2.60. The van der Waals surface area contributed by atoms with Crippen molar-refractivity contribution in [2.24, 2.45) is 0 Å². The summed E-state index contributed by atoms with van der Waals surface area (Å²) in [5.41, 5.74) is 1.50. The van der Waals surface area contributed by atoms with E-state index in [9.17, 15) is 9.59 Å². The van der Waals surface area contributed by atoms with E-state index >= 15 is 0 Å². The maximum Gasteiger partial charge on any atom is 0.362 e. The Kier molecular flexibility index (Phi) is 6.09. The Hall–Kier alpha value is -3.87. The van der Waals surface area contributed by atoms with Crippen LogP contribution in [0, 0.1) is 0 Å². The van der Waals surface area contributed by atoms with Crippen LogP contribution in [0.15, 0.2) is 54.6 Å². The second kappa shape index (κ2) is 8.88. The van der Waals surface area contributed by atoms with Crippen LogP contribution in [0.2, 0.25) is 0 Å². The van der Waals surface area contributed by atoms with Gasteiger partial charge in [0.15, 0.2) is 11.5 Å². The van der Waals surface area contributed by atoms with Crippen LogP contribution < -0.4 is 14.2 Å². The van der Waals surface area contributed by atoms with Crippen LogP contribution in [-0.2, 0) is 9.53 Å². The molecule has 7 nitrogen and oxygen atoms in total. The van der Waals surface area contributed by atoms with E-state index in [1.54, 1.807) is 55.7 Å². The zero-order chi connectivity index (χ0) is 20.8. The third-order valence-electron chi connectivity index (χ3n) is 4.11. The third-order valence-corrected chi connectivity index (χ3v) is 4.11. The van der Waals surface area contributed by atoms with Gasteiger partial charge >= 0.3 is 11.9 Å². The van der Waals surface area contributed by atoms with Crippen LogP contribution in [0.25, 0.3) is 17.0 Å². The molecule has 1 heterocycles. The van der Waals surface area contributed by atoms with E-state index < -0.39 is 11.9 Å². The standard InChI is InChI=1S/C22H19NO6/c1-26-16-7-9-17-15(13-16)6-8-18(23-17)22(25)29-19-10-4-14(12-20(19)27-2)5-11-21(24)28-3/h4-13H,1-3H3/b11-5+. The predicted molar refractivity (Wildman–Crippen MR) is 107 cm³/mol. The Bertz CT molecular complexity index is 1090. The number of aromatic nitrogens is 1. The van der Waals surface area contributed by atoms with Gasteiger partial charge in [-0.3, -0.25) is 0 Å². The Morgan fingerprint density at radius 2 is 1.72 bits per heavy atom. The van der Waals surface area contributed by atoms with Crippen molar-refractivity contribution in [1.82, 2.24) is 4.98 Å². The molecular weight excluding hydrogens is 374 g/mol. The van der Waals surface area contributed by atoms with Crippen LogP contribution in [0.3, 0.4) is 0 Å². The lowest BCUT2D eigenvalue weighted by atomic mass is 10.2. The van der Waals surface area contributed by atoms with Gasteiger partial charge in [0.1, 0.15) is 11.4 Å². The van der Waals surface area contributed by atoms with Gasteiger partial charge in [0.2, 0.25) is 0 Å². The number of methoxy groups -OCH3 is 3. The molecule has 3 rings (SSSR count). The van der Waals surface area contributed by atoms with Gasteiger partial charge in [-0.25, -0.2) is 14.6 Å². The van der Waals surface area contributed by atoms with Crippen molar-refractivity contribution < 1.29 is 28.5 Å². The summed E-state index contributed by atoms with van der Waals surface area (Å²) in [4.78, 5) is 28.1. The minimum atomic E-state index is -0.612. The van der Waals surface area contributed by atoms with Gasteiger partial charge in [0.05, 0.1) is 26.8 Å². The molecule has 0 aliphatic rings. The quantitative estimate of drug-likeness (QED) is 0.359. The van der Waals surface area contributed by atoms with E-state index in [4.69, 9.17) is 14.2 Å². The van der Waals surface area contributed by atoms with Crippen molar-refractivity contribution in [3.05, 3.63) is 65.9 Å². The van der Waals surface area contributed by atoms with Gasteiger partial charge in [-0.15, -0.1) is 0 Å². The molecule has 0 aliphatic carbocycles. The maximum absolute atomic E-state index is 12.5. The normalized spacial score (nSPS) is 10.7. The molecule has 3 aromatic rings. The number of carbonyl (C=O) groups excluding carboxylic acids is 2. The summed E-state index contributed by atoms with van der Waals surface area (Å²) >= 11 is 0. The third kappa shape index (κ3) is 4.70. The second-order valence-electron chi connectivity index (χ2n) is 5.91. The van der Waals surface area contributed by atoms with E-state index in [2.05, 4.69) is 9.72 Å². The summed E-state index contributed by atoms with van der Waals surface area (Å²) in [6, 6.07) is 13.7. The van der Waals surface area contributed by atoms with Gasteiger partial charge < -0.3 is 18.9 Å². The minimum Gasteiger partial charge on any atom is -0.497 e. The Labute approximate surface area is 167 Å². The first-order chi connectivity index (χ1) is 14.0. The van der Waals surface area contributed by atoms with Gasteiger partial charge in [0, 0.05) is 11.5 Å². The lowest BCUT2D eigenvalue weighted by Gasteiger charge is -2.10. The summed E-state index contributed by atoms with van der Waals surface area (Å²) in [7, 11) is 4.35. The fraction of sp³-hybridized carbons (Fsp3) is 0.136. The molecule has 0 saturated carbocycles. The summed E-state index contributed by atoms with van der Waals surface area (Å²) in [6.07, 6.45) is 2.85. The molecule has 0 unspecified atom stereocenters. The smallest absolute Gasteiger partial charge is 0.362 e. The zero-order valence-corrected chi connectivity index (χ0v) is 16.2. The highest BCUT2D eigenvalue weighted by atomic mass is 16.6. The molecule has 0 N–H and O–H groups in total. The van der Waals surface area contributed by atoms with Crippen LogP contribution in [0.4, 0.5) is 0 Å². The number of ether oxygens (including phenoxy) is 4. The van der Waals surface area contributed by atoms with E-state index in [0.717, 1.165) is 5.39 Å². The molecule has 7 heteroatoms. The number of pyridine rings is 1. The Morgan fingerprint density at radius 1 is 0.897 bits per heavy atom. The molecule has 0 bridgehead atoms. The van der Waals surface area contributed by atoms with E-state index in [1.807, 2.05) is 6.07 Å². The number of hydrogen-bond donors (Lipinski definition) is 0. The highest BCUT2D eigenvalue weighted by molar-refractivity contribution is 5.93. The molecule has 1 aromatic heterocycles. The number of fused-ring (bicyclic) bond motifs is 1. The Balaban J connectivity index is 1.81. The molecule has 0 spiro atoms. The minimum absolute atomic E-state index is 0.166. The first-order valence-corrected chi connectivity index (χ1v) is 8.65. The average Bonchev–Trinajstić information content (AvgIpc) is 2.77. The van der Waals surface area contributed by atoms with Crippen molar-refractivity contribution in [2.75, 3.05) is 21.3 Å². The van der Waals surface area contributed by atoms with E-state index in [0.29, 0.717) is 22.6 Å². The van der Waals surface area contributed by atoms with Gasteiger partial charge in [-0.2, -0.15) is 0 Å². The number of esters is 2. The van der Waals surface area contributed by atoms with Crippen LogP contribution in [-0.4, -0.2) is 38.3 Å². The van der Waals surface area contributed by atoms with Crippen molar-refractivity contribution in [3.63, 3.8) is 0 Å². The van der Waals surface area contributed by atoms with Gasteiger partial charge in [0.25, 0.3) is 0 Å². The van der Waals surface area contributed by atoms with Crippen molar-refractivity contribution in [1.29, 1.82) is 0 Å². The highest BCUT2D eigenvalue weighted by Gasteiger charge is 2.15. The van der Waals surface area contributed by atoms with Crippen molar-refractivity contribution in [3.8, 4) is 17.2 Å². The van der Waals surface area contributed by atoms with Crippen LogP contribution >= 0.6 is 0 Å². The molecule has 0 atom stereocenters. The largest absolute Gasteiger partial charge is 0.497 e. The molecule has 0 saturated heterocycles. The highest BCUT2D eigenvalue weighted by Crippen LogP contribution is 2.29. The van der Waals surface area contributed by atoms with Crippen molar-refractivity contribution in [2.45, 2.75) is 0 Å². The molecule has 0 radical (unpaired) electrons. The number of hydrogen-bond acceptors (Lipinski definition) is 7.